The molecule has 0 bridgehead atoms. The molecule has 2 atom stereocenters. The minimum atomic E-state index is -0.434. The molecule has 3 aromatic rings. The maximum Gasteiger partial charge on any atom is 0.229 e. The molecule has 1 aromatic heterocycles. The third kappa shape index (κ3) is 4.58. The van der Waals surface area contributed by atoms with Gasteiger partial charge in [0.15, 0.2) is 5.82 Å². The van der Waals surface area contributed by atoms with Crippen molar-refractivity contribution in [1.82, 2.24) is 9.55 Å². The Morgan fingerprint density at radius 2 is 1.88 bits per heavy atom. The highest BCUT2D eigenvalue weighted by atomic mass is 16.2. The van der Waals surface area contributed by atoms with E-state index in [0.29, 0.717) is 29.5 Å². The highest BCUT2D eigenvalue weighted by molar-refractivity contribution is 6.07. The van der Waals surface area contributed by atoms with E-state index >= 15 is 0 Å². The number of benzene rings is 2. The molecule has 0 saturated carbocycles. The number of imidazole rings is 1. The number of hydrogen-bond acceptors (Lipinski definition) is 4. The predicted molar refractivity (Wildman–Crippen MR) is 127 cm³/mol. The zero-order valence-electron chi connectivity index (χ0n) is 19.1. The molecule has 7 heteroatoms. The molecule has 1 aliphatic heterocycles. The van der Waals surface area contributed by atoms with Crippen LogP contribution in [0.1, 0.15) is 54.4 Å². The average molecular weight is 445 g/mol. The molecule has 1 fully saturated rings. The van der Waals surface area contributed by atoms with Gasteiger partial charge in [0.2, 0.25) is 17.6 Å². The van der Waals surface area contributed by atoms with Crippen LogP contribution in [0.5, 0.6) is 0 Å². The van der Waals surface area contributed by atoms with Crippen LogP contribution in [0.25, 0.3) is 0 Å². The first kappa shape index (κ1) is 22.5. The molecule has 2 unspecified atom stereocenters. The summed E-state index contributed by atoms with van der Waals surface area (Å²) in [7, 11) is 1.77. The largest absolute Gasteiger partial charge is 0.331 e. The second-order valence-electron chi connectivity index (χ2n) is 8.53. The normalized spacial score (nSPS) is 16.6. The van der Waals surface area contributed by atoms with Crippen molar-refractivity contribution in [2.24, 2.45) is 13.0 Å². The summed E-state index contributed by atoms with van der Waals surface area (Å²) in [6.45, 7) is 4.62. The highest BCUT2D eigenvalue weighted by Crippen LogP contribution is 2.33. The summed E-state index contributed by atoms with van der Waals surface area (Å²) in [6, 6.07) is 14.6. The van der Waals surface area contributed by atoms with Crippen LogP contribution in [-0.2, 0) is 16.6 Å². The molecule has 4 rings (SSSR count). The zero-order chi connectivity index (χ0) is 23.5. The van der Waals surface area contributed by atoms with Gasteiger partial charge in [0.1, 0.15) is 0 Å². The smallest absolute Gasteiger partial charge is 0.229 e. The topological polar surface area (TPSA) is 84.3 Å². The summed E-state index contributed by atoms with van der Waals surface area (Å²) in [5, 5.41) is 2.89. The monoisotopic (exact) mass is 444 g/mol. The Balaban J connectivity index is 1.43. The van der Waals surface area contributed by atoms with Gasteiger partial charge in [0.05, 0.1) is 5.92 Å². The van der Waals surface area contributed by atoms with Crippen molar-refractivity contribution in [3.05, 3.63) is 77.9 Å². The fourth-order valence-corrected chi connectivity index (χ4v) is 4.15. The molecule has 33 heavy (non-hydrogen) atoms. The van der Waals surface area contributed by atoms with Gasteiger partial charge in [0, 0.05) is 49.3 Å². The Morgan fingerprint density at radius 3 is 2.55 bits per heavy atom. The Morgan fingerprint density at radius 1 is 1.15 bits per heavy atom. The first-order valence-corrected chi connectivity index (χ1v) is 11.2. The number of aromatic nitrogens is 2. The van der Waals surface area contributed by atoms with E-state index in [9.17, 15) is 14.4 Å². The van der Waals surface area contributed by atoms with Crippen LogP contribution in [0.3, 0.4) is 0 Å². The maximum atomic E-state index is 12.9. The Labute approximate surface area is 193 Å². The van der Waals surface area contributed by atoms with Crippen LogP contribution >= 0.6 is 0 Å². The molecular formula is C26H28N4O3. The van der Waals surface area contributed by atoms with Gasteiger partial charge in [-0.15, -0.1) is 0 Å². The molecule has 0 spiro atoms. The second kappa shape index (κ2) is 9.40. The summed E-state index contributed by atoms with van der Waals surface area (Å²) in [5.41, 5.74) is 3.10. The summed E-state index contributed by atoms with van der Waals surface area (Å²) in [6.07, 6.45) is 4.45. The van der Waals surface area contributed by atoms with Crippen LogP contribution in [-0.4, -0.2) is 33.7 Å². The number of anilines is 2. The summed E-state index contributed by atoms with van der Waals surface area (Å²) < 4.78 is 1.67. The molecule has 2 heterocycles. The van der Waals surface area contributed by atoms with Gasteiger partial charge in [-0.1, -0.05) is 32.0 Å². The van der Waals surface area contributed by atoms with Crippen molar-refractivity contribution < 1.29 is 14.4 Å². The average Bonchev–Trinajstić information content (AvgIpc) is 3.44. The lowest BCUT2D eigenvalue weighted by atomic mass is 9.96. The number of rotatable bonds is 7. The molecule has 2 aromatic carbocycles. The molecule has 1 aliphatic rings. The van der Waals surface area contributed by atoms with Crippen LogP contribution < -0.4 is 10.2 Å². The van der Waals surface area contributed by atoms with Gasteiger partial charge >= 0.3 is 0 Å². The molecule has 1 N–H and O–H groups in total. The van der Waals surface area contributed by atoms with E-state index in [1.165, 1.54) is 0 Å². The number of aryl methyl sites for hydroxylation is 1. The van der Waals surface area contributed by atoms with E-state index in [4.69, 9.17) is 0 Å². The van der Waals surface area contributed by atoms with E-state index < -0.39 is 5.92 Å². The second-order valence-corrected chi connectivity index (χ2v) is 8.53. The molecule has 0 radical (unpaired) electrons. The SMILES string of the molecule is CCC(C)c1ccccc1N1CC(C(=O)Nc2ccc(C(=O)c3nccn3C)cc2)CC1=O. The van der Waals surface area contributed by atoms with Crippen LogP contribution in [0.15, 0.2) is 60.9 Å². The van der Waals surface area contributed by atoms with E-state index in [1.807, 2.05) is 18.2 Å². The quantitative estimate of drug-likeness (QED) is 0.555. The zero-order valence-corrected chi connectivity index (χ0v) is 19.1. The van der Waals surface area contributed by atoms with Gasteiger partial charge in [-0.2, -0.15) is 0 Å². The predicted octanol–water partition coefficient (Wildman–Crippen LogP) is 4.16. The molecule has 2 amide bonds. The number of carbonyl (C=O) groups is 3. The maximum absolute atomic E-state index is 12.9. The van der Waals surface area contributed by atoms with Crippen molar-refractivity contribution in [2.75, 3.05) is 16.8 Å². The van der Waals surface area contributed by atoms with Gasteiger partial charge < -0.3 is 14.8 Å². The van der Waals surface area contributed by atoms with Gasteiger partial charge in [0.25, 0.3) is 0 Å². The van der Waals surface area contributed by atoms with Gasteiger partial charge in [-0.3, -0.25) is 14.4 Å². The lowest BCUT2D eigenvalue weighted by Gasteiger charge is -2.23. The number of hydrogen-bond donors (Lipinski definition) is 1. The third-order valence-corrected chi connectivity index (χ3v) is 6.31. The fourth-order valence-electron chi connectivity index (χ4n) is 4.15. The van der Waals surface area contributed by atoms with Crippen LogP contribution in [0, 0.1) is 5.92 Å². The van der Waals surface area contributed by atoms with Crippen molar-refractivity contribution in [3.8, 4) is 0 Å². The molecular weight excluding hydrogens is 416 g/mol. The van der Waals surface area contributed by atoms with E-state index in [0.717, 1.165) is 17.7 Å². The van der Waals surface area contributed by atoms with Gasteiger partial charge in [-0.05, 0) is 48.2 Å². The number of ketones is 1. The fraction of sp³-hybridized carbons (Fsp3) is 0.308. The molecule has 0 aliphatic carbocycles. The summed E-state index contributed by atoms with van der Waals surface area (Å²) in [5.74, 6) is -0.173. The number of amides is 2. The highest BCUT2D eigenvalue weighted by Gasteiger charge is 2.36. The lowest BCUT2D eigenvalue weighted by Crippen LogP contribution is -2.29. The Kier molecular flexibility index (Phi) is 6.40. The van der Waals surface area contributed by atoms with Crippen molar-refractivity contribution in [1.29, 1.82) is 0 Å². The van der Waals surface area contributed by atoms with E-state index in [-0.39, 0.29) is 24.0 Å². The van der Waals surface area contributed by atoms with Crippen molar-refractivity contribution >= 4 is 29.0 Å². The minimum absolute atomic E-state index is 0.0399. The first-order chi connectivity index (χ1) is 15.9. The molecule has 170 valence electrons. The Hall–Kier alpha value is -3.74. The standard InChI is InChI=1S/C26H28N4O3/c1-4-17(2)21-7-5-6-8-22(21)30-16-19(15-23(30)31)26(33)28-20-11-9-18(10-12-20)24(32)25-27-13-14-29(25)3/h5-14,17,19H,4,15-16H2,1-3H3,(H,28,33). The Bertz CT molecular complexity index is 1180. The number of carbonyl (C=O) groups excluding carboxylic acids is 3. The first-order valence-electron chi connectivity index (χ1n) is 11.2. The number of para-hydroxylation sites is 1. The number of nitrogens with one attached hydrogen (secondary N) is 1. The molecule has 7 nitrogen and oxygen atoms in total. The van der Waals surface area contributed by atoms with Crippen LogP contribution in [0.2, 0.25) is 0 Å². The molecule has 1 saturated heterocycles. The number of nitrogens with zero attached hydrogens (tertiary/aromatic N) is 3. The van der Waals surface area contributed by atoms with Crippen molar-refractivity contribution in [2.45, 2.75) is 32.6 Å². The van der Waals surface area contributed by atoms with Crippen LogP contribution in [0.4, 0.5) is 11.4 Å². The summed E-state index contributed by atoms with van der Waals surface area (Å²) >= 11 is 0. The lowest BCUT2D eigenvalue weighted by molar-refractivity contribution is -0.122. The van der Waals surface area contributed by atoms with E-state index in [2.05, 4.69) is 30.2 Å². The minimum Gasteiger partial charge on any atom is -0.331 e. The third-order valence-electron chi connectivity index (χ3n) is 6.31. The van der Waals surface area contributed by atoms with E-state index in [1.54, 1.807) is 53.2 Å². The van der Waals surface area contributed by atoms with Crippen molar-refractivity contribution in [3.63, 3.8) is 0 Å². The summed E-state index contributed by atoms with van der Waals surface area (Å²) in [4.78, 5) is 44.0. The van der Waals surface area contributed by atoms with Gasteiger partial charge in [-0.25, -0.2) is 4.98 Å².